The molecule has 0 aliphatic carbocycles. The number of amides is 2. The van der Waals surface area contributed by atoms with E-state index in [0.717, 1.165) is 18.4 Å². The Kier molecular flexibility index (Phi) is 7.46. The van der Waals surface area contributed by atoms with E-state index in [2.05, 4.69) is 17.6 Å². The van der Waals surface area contributed by atoms with Crippen LogP contribution in [0.1, 0.15) is 42.1 Å². The maximum absolute atomic E-state index is 12.8. The first-order valence-electron chi connectivity index (χ1n) is 10.5. The first kappa shape index (κ1) is 23.0. The summed E-state index contributed by atoms with van der Waals surface area (Å²) in [7, 11) is -3.51. The highest BCUT2D eigenvalue weighted by Gasteiger charge is 2.27. The van der Waals surface area contributed by atoms with E-state index in [1.54, 1.807) is 24.3 Å². The number of aryl methyl sites for hydroxylation is 1. The largest absolute Gasteiger partial charge is 0.352 e. The van der Waals surface area contributed by atoms with Gasteiger partial charge in [0.05, 0.1) is 4.90 Å². The summed E-state index contributed by atoms with van der Waals surface area (Å²) in [5.74, 6) is 0.0639. The van der Waals surface area contributed by atoms with E-state index < -0.39 is 10.0 Å². The van der Waals surface area contributed by atoms with Gasteiger partial charge in [-0.25, -0.2) is 8.42 Å². The van der Waals surface area contributed by atoms with Crippen molar-refractivity contribution < 1.29 is 18.0 Å². The van der Waals surface area contributed by atoms with Crippen LogP contribution in [0.2, 0.25) is 0 Å². The number of nitrogens with one attached hydrogen (secondary N) is 2. The van der Waals surface area contributed by atoms with Crippen LogP contribution in [-0.4, -0.2) is 44.2 Å². The molecule has 8 heteroatoms. The zero-order valence-electron chi connectivity index (χ0n) is 17.9. The molecule has 2 aromatic carbocycles. The SMILES string of the molecule is Cc1cccc(C(=O)NCCC(=O)Nc2ccc(S(=O)(=O)N3CCC(C)CC3)cc2)c1. The normalized spacial score (nSPS) is 15.4. The molecule has 1 saturated heterocycles. The van der Waals surface area contributed by atoms with Gasteiger partial charge in [-0.15, -0.1) is 0 Å². The summed E-state index contributed by atoms with van der Waals surface area (Å²) in [6.45, 7) is 5.33. The third-order valence-corrected chi connectivity index (χ3v) is 7.35. The second kappa shape index (κ2) is 10.1. The van der Waals surface area contributed by atoms with Gasteiger partial charge < -0.3 is 10.6 Å². The van der Waals surface area contributed by atoms with Crippen LogP contribution in [0.5, 0.6) is 0 Å². The van der Waals surface area contributed by atoms with Crippen molar-refractivity contribution in [3.05, 3.63) is 59.7 Å². The summed E-state index contributed by atoms with van der Waals surface area (Å²) in [5, 5.41) is 5.46. The molecule has 31 heavy (non-hydrogen) atoms. The molecule has 1 aliphatic heterocycles. The van der Waals surface area contributed by atoms with Gasteiger partial charge in [-0.05, 0) is 62.1 Å². The molecule has 7 nitrogen and oxygen atoms in total. The predicted molar refractivity (Wildman–Crippen MR) is 120 cm³/mol. The van der Waals surface area contributed by atoms with Crippen LogP contribution in [0.3, 0.4) is 0 Å². The number of hydrogen-bond donors (Lipinski definition) is 2. The molecule has 2 N–H and O–H groups in total. The maximum Gasteiger partial charge on any atom is 0.251 e. The van der Waals surface area contributed by atoms with Crippen LogP contribution in [0.4, 0.5) is 5.69 Å². The van der Waals surface area contributed by atoms with Gasteiger partial charge in [0.2, 0.25) is 15.9 Å². The molecule has 3 rings (SSSR count). The molecule has 166 valence electrons. The minimum Gasteiger partial charge on any atom is -0.352 e. The first-order valence-corrected chi connectivity index (χ1v) is 11.9. The fourth-order valence-electron chi connectivity index (χ4n) is 3.49. The van der Waals surface area contributed by atoms with Crippen LogP contribution >= 0.6 is 0 Å². The van der Waals surface area contributed by atoms with Crippen molar-refractivity contribution >= 4 is 27.5 Å². The molecule has 0 spiro atoms. The lowest BCUT2D eigenvalue weighted by atomic mass is 10.0. The number of rotatable bonds is 7. The van der Waals surface area contributed by atoms with E-state index in [0.29, 0.717) is 30.3 Å². The van der Waals surface area contributed by atoms with Crippen LogP contribution in [-0.2, 0) is 14.8 Å². The summed E-state index contributed by atoms with van der Waals surface area (Å²) in [5.41, 5.74) is 2.06. The average Bonchev–Trinajstić information content (AvgIpc) is 2.74. The molecular formula is C23H29N3O4S. The Morgan fingerprint density at radius 3 is 2.39 bits per heavy atom. The Balaban J connectivity index is 1.49. The monoisotopic (exact) mass is 443 g/mol. The maximum atomic E-state index is 12.8. The van der Waals surface area contributed by atoms with Crippen LogP contribution < -0.4 is 10.6 Å². The van der Waals surface area contributed by atoms with E-state index in [1.807, 2.05) is 19.1 Å². The zero-order chi connectivity index (χ0) is 22.4. The van der Waals surface area contributed by atoms with Gasteiger partial charge in [-0.2, -0.15) is 4.31 Å². The van der Waals surface area contributed by atoms with Crippen molar-refractivity contribution in [2.45, 2.75) is 38.0 Å². The molecule has 0 aromatic heterocycles. The number of nitrogens with zero attached hydrogens (tertiary/aromatic N) is 1. The summed E-state index contributed by atoms with van der Waals surface area (Å²) in [6, 6.07) is 13.4. The second-order valence-electron chi connectivity index (χ2n) is 8.03. The number of sulfonamides is 1. The Hall–Kier alpha value is -2.71. The van der Waals surface area contributed by atoms with Crippen molar-refractivity contribution in [2.24, 2.45) is 5.92 Å². The van der Waals surface area contributed by atoms with Gasteiger partial charge in [0, 0.05) is 37.3 Å². The predicted octanol–water partition coefficient (Wildman–Crippen LogP) is 3.17. The Morgan fingerprint density at radius 2 is 1.74 bits per heavy atom. The lowest BCUT2D eigenvalue weighted by Crippen LogP contribution is -2.37. The topological polar surface area (TPSA) is 95.6 Å². The van der Waals surface area contributed by atoms with Crippen molar-refractivity contribution in [3.8, 4) is 0 Å². The fourth-order valence-corrected chi connectivity index (χ4v) is 4.96. The molecular weight excluding hydrogens is 414 g/mol. The van der Waals surface area contributed by atoms with Crippen LogP contribution in [0.25, 0.3) is 0 Å². The second-order valence-corrected chi connectivity index (χ2v) is 9.97. The number of hydrogen-bond acceptors (Lipinski definition) is 4. The van der Waals surface area contributed by atoms with E-state index in [-0.39, 0.29) is 29.7 Å². The third-order valence-electron chi connectivity index (χ3n) is 5.44. The van der Waals surface area contributed by atoms with E-state index in [1.165, 1.54) is 16.4 Å². The lowest BCUT2D eigenvalue weighted by Gasteiger charge is -2.29. The zero-order valence-corrected chi connectivity index (χ0v) is 18.7. The van der Waals surface area contributed by atoms with E-state index in [4.69, 9.17) is 0 Å². The average molecular weight is 444 g/mol. The van der Waals surface area contributed by atoms with Crippen molar-refractivity contribution in [3.63, 3.8) is 0 Å². The van der Waals surface area contributed by atoms with Gasteiger partial charge in [-0.1, -0.05) is 24.6 Å². The van der Waals surface area contributed by atoms with Gasteiger partial charge >= 0.3 is 0 Å². The minimum absolute atomic E-state index is 0.115. The lowest BCUT2D eigenvalue weighted by molar-refractivity contribution is -0.116. The van der Waals surface area contributed by atoms with Gasteiger partial charge in [0.15, 0.2) is 0 Å². The number of piperidine rings is 1. The number of carbonyl (C=O) groups excluding carboxylic acids is 2. The Labute approximate surface area is 183 Å². The van der Waals surface area contributed by atoms with E-state index in [9.17, 15) is 18.0 Å². The van der Waals surface area contributed by atoms with Crippen LogP contribution in [0.15, 0.2) is 53.4 Å². The van der Waals surface area contributed by atoms with Gasteiger partial charge in [0.1, 0.15) is 0 Å². The Bertz CT molecular complexity index is 1030. The molecule has 0 unspecified atom stereocenters. The highest BCUT2D eigenvalue weighted by molar-refractivity contribution is 7.89. The molecule has 2 aromatic rings. The third kappa shape index (κ3) is 6.15. The minimum atomic E-state index is -3.51. The summed E-state index contributed by atoms with van der Waals surface area (Å²) in [6.07, 6.45) is 1.85. The van der Waals surface area contributed by atoms with Crippen molar-refractivity contribution in [2.75, 3.05) is 25.0 Å². The number of benzene rings is 2. The molecule has 0 atom stereocenters. The summed E-state index contributed by atoms with van der Waals surface area (Å²) in [4.78, 5) is 24.5. The number of carbonyl (C=O) groups is 2. The first-order chi connectivity index (χ1) is 14.8. The molecule has 2 amide bonds. The fraction of sp³-hybridized carbons (Fsp3) is 0.391. The standard InChI is InChI=1S/C23H29N3O4S/c1-17-11-14-26(15-12-17)31(29,30)21-8-6-20(7-9-21)25-22(27)10-13-24-23(28)19-5-3-4-18(2)16-19/h3-9,16-17H,10-15H2,1-2H3,(H,24,28)(H,25,27). The van der Waals surface area contributed by atoms with Gasteiger partial charge in [0.25, 0.3) is 5.91 Å². The van der Waals surface area contributed by atoms with E-state index >= 15 is 0 Å². The quantitative estimate of drug-likeness (QED) is 0.687. The molecule has 1 heterocycles. The smallest absolute Gasteiger partial charge is 0.251 e. The molecule has 1 aliphatic rings. The summed E-state index contributed by atoms with van der Waals surface area (Å²) < 4.78 is 27.1. The molecule has 1 fully saturated rings. The Morgan fingerprint density at radius 1 is 1.06 bits per heavy atom. The molecule has 0 saturated carbocycles. The summed E-state index contributed by atoms with van der Waals surface area (Å²) >= 11 is 0. The van der Waals surface area contributed by atoms with Crippen molar-refractivity contribution in [1.29, 1.82) is 0 Å². The highest BCUT2D eigenvalue weighted by Crippen LogP contribution is 2.24. The number of anilines is 1. The highest BCUT2D eigenvalue weighted by atomic mass is 32.2. The van der Waals surface area contributed by atoms with Gasteiger partial charge in [-0.3, -0.25) is 9.59 Å². The van der Waals surface area contributed by atoms with Crippen LogP contribution in [0, 0.1) is 12.8 Å². The van der Waals surface area contributed by atoms with Crippen molar-refractivity contribution in [1.82, 2.24) is 9.62 Å². The molecule has 0 bridgehead atoms. The molecule has 0 radical (unpaired) electrons.